The van der Waals surface area contributed by atoms with E-state index in [1.54, 1.807) is 12.3 Å². The summed E-state index contributed by atoms with van der Waals surface area (Å²) in [5.74, 6) is -0.121. The number of amides is 1. The molecular formula is C12H11BrN2OS. The molecule has 0 atom stereocenters. The number of halogens is 1. The largest absolute Gasteiger partial charge is 0.298 e. The molecule has 0 fully saturated rings. The second-order valence-corrected chi connectivity index (χ2v) is 5.84. The smallest absolute Gasteiger partial charge is 0.257 e. The molecule has 5 heteroatoms. The van der Waals surface area contributed by atoms with Gasteiger partial charge in [-0.15, -0.1) is 11.3 Å². The molecule has 2 aromatic rings. The van der Waals surface area contributed by atoms with Gasteiger partial charge in [0.25, 0.3) is 5.91 Å². The lowest BCUT2D eigenvalue weighted by atomic mass is 10.1. The van der Waals surface area contributed by atoms with Crippen molar-refractivity contribution in [1.29, 1.82) is 0 Å². The van der Waals surface area contributed by atoms with E-state index >= 15 is 0 Å². The zero-order chi connectivity index (χ0) is 12.4. The third kappa shape index (κ3) is 2.92. The van der Waals surface area contributed by atoms with Gasteiger partial charge in [0, 0.05) is 21.1 Å². The van der Waals surface area contributed by atoms with Gasteiger partial charge in [0.15, 0.2) is 5.13 Å². The molecule has 0 radical (unpaired) electrons. The van der Waals surface area contributed by atoms with Gasteiger partial charge in [0.05, 0.1) is 0 Å². The van der Waals surface area contributed by atoms with E-state index in [4.69, 9.17) is 0 Å². The number of hydrogen-bond acceptors (Lipinski definition) is 3. The quantitative estimate of drug-likeness (QED) is 0.917. The van der Waals surface area contributed by atoms with Crippen LogP contribution in [0.2, 0.25) is 0 Å². The Hall–Kier alpha value is -1.20. The molecule has 0 aliphatic rings. The Balaban J connectivity index is 2.20. The fourth-order valence-electron chi connectivity index (χ4n) is 1.46. The molecular weight excluding hydrogens is 300 g/mol. The monoisotopic (exact) mass is 310 g/mol. The molecule has 1 N–H and O–H groups in total. The molecule has 1 aromatic carbocycles. The van der Waals surface area contributed by atoms with E-state index in [1.807, 2.05) is 26.0 Å². The Morgan fingerprint density at radius 1 is 1.41 bits per heavy atom. The Morgan fingerprint density at radius 2 is 2.18 bits per heavy atom. The zero-order valence-corrected chi connectivity index (χ0v) is 11.9. The van der Waals surface area contributed by atoms with Crippen molar-refractivity contribution in [3.8, 4) is 0 Å². The number of nitrogens with zero attached hydrogens (tertiary/aromatic N) is 1. The lowest BCUT2D eigenvalue weighted by molar-refractivity contribution is 0.102. The van der Waals surface area contributed by atoms with Crippen LogP contribution in [-0.4, -0.2) is 10.9 Å². The third-order valence-electron chi connectivity index (χ3n) is 2.27. The van der Waals surface area contributed by atoms with E-state index in [0.29, 0.717) is 10.7 Å². The molecule has 2 rings (SSSR count). The number of hydrogen-bond donors (Lipinski definition) is 1. The number of nitrogens with one attached hydrogen (secondary N) is 1. The molecule has 1 amide bonds. The van der Waals surface area contributed by atoms with Gasteiger partial charge in [-0.3, -0.25) is 10.1 Å². The molecule has 88 valence electrons. The van der Waals surface area contributed by atoms with Crippen LogP contribution in [0.3, 0.4) is 0 Å². The molecule has 0 bridgehead atoms. The molecule has 0 aliphatic heterocycles. The highest BCUT2D eigenvalue weighted by atomic mass is 79.9. The summed E-state index contributed by atoms with van der Waals surface area (Å²) in [5.41, 5.74) is 1.60. The minimum atomic E-state index is -0.121. The maximum atomic E-state index is 12.0. The Bertz CT molecular complexity index is 565. The lowest BCUT2D eigenvalue weighted by Crippen LogP contribution is -2.13. The molecule has 0 unspecified atom stereocenters. The van der Waals surface area contributed by atoms with Gasteiger partial charge in [-0.25, -0.2) is 4.98 Å². The number of anilines is 1. The summed E-state index contributed by atoms with van der Waals surface area (Å²) in [6.45, 7) is 3.87. The Labute approximate surface area is 112 Å². The van der Waals surface area contributed by atoms with Crippen LogP contribution < -0.4 is 5.32 Å². The van der Waals surface area contributed by atoms with Gasteiger partial charge < -0.3 is 0 Å². The molecule has 0 aliphatic carbocycles. The molecule has 17 heavy (non-hydrogen) atoms. The minimum Gasteiger partial charge on any atom is -0.298 e. The van der Waals surface area contributed by atoms with E-state index in [1.165, 1.54) is 11.3 Å². The molecule has 0 saturated carbocycles. The molecule has 3 nitrogen and oxygen atoms in total. The van der Waals surface area contributed by atoms with Gasteiger partial charge in [-0.05, 0) is 37.6 Å². The molecule has 1 heterocycles. The van der Waals surface area contributed by atoms with Crippen molar-refractivity contribution in [2.24, 2.45) is 0 Å². The number of benzene rings is 1. The second-order valence-electron chi connectivity index (χ2n) is 3.69. The van der Waals surface area contributed by atoms with Crippen molar-refractivity contribution in [2.45, 2.75) is 13.8 Å². The standard InChI is InChI=1S/C12H11BrN2OS/c1-7-5-9(13)3-4-10(7)11(16)15-12-14-6-8(2)17-12/h3-6H,1-2H3,(H,14,15,16). The number of carbonyl (C=O) groups is 1. The van der Waals surface area contributed by atoms with Crippen molar-refractivity contribution in [2.75, 3.05) is 5.32 Å². The van der Waals surface area contributed by atoms with E-state index in [0.717, 1.165) is 14.9 Å². The van der Waals surface area contributed by atoms with E-state index in [-0.39, 0.29) is 5.91 Å². The number of carbonyl (C=O) groups excluding carboxylic acids is 1. The average Bonchev–Trinajstić information content (AvgIpc) is 2.63. The maximum absolute atomic E-state index is 12.0. The van der Waals surface area contributed by atoms with Crippen LogP contribution in [-0.2, 0) is 0 Å². The van der Waals surface area contributed by atoms with Crippen molar-refractivity contribution < 1.29 is 4.79 Å². The molecule has 0 spiro atoms. The van der Waals surface area contributed by atoms with Gasteiger partial charge in [0.2, 0.25) is 0 Å². The fourth-order valence-corrected chi connectivity index (χ4v) is 2.59. The highest BCUT2D eigenvalue weighted by Crippen LogP contribution is 2.20. The predicted octanol–water partition coefficient (Wildman–Crippen LogP) is 3.77. The van der Waals surface area contributed by atoms with Crippen molar-refractivity contribution >= 4 is 38.3 Å². The van der Waals surface area contributed by atoms with Crippen LogP contribution in [0.1, 0.15) is 20.8 Å². The molecule has 0 saturated heterocycles. The SMILES string of the molecule is Cc1cnc(NC(=O)c2ccc(Br)cc2C)s1. The minimum absolute atomic E-state index is 0.121. The van der Waals surface area contributed by atoms with E-state index in [9.17, 15) is 4.79 Å². The fraction of sp³-hybridized carbons (Fsp3) is 0.167. The average molecular weight is 311 g/mol. The summed E-state index contributed by atoms with van der Waals surface area (Å²) in [4.78, 5) is 17.2. The van der Waals surface area contributed by atoms with Crippen LogP contribution >= 0.6 is 27.3 Å². The number of rotatable bonds is 2. The molecule has 1 aromatic heterocycles. The highest BCUT2D eigenvalue weighted by molar-refractivity contribution is 9.10. The van der Waals surface area contributed by atoms with Gasteiger partial charge in [0.1, 0.15) is 0 Å². The number of aromatic nitrogens is 1. The Kier molecular flexibility index (Phi) is 3.59. The first-order valence-electron chi connectivity index (χ1n) is 5.06. The van der Waals surface area contributed by atoms with Gasteiger partial charge in [-0.2, -0.15) is 0 Å². The first-order valence-corrected chi connectivity index (χ1v) is 6.67. The highest BCUT2D eigenvalue weighted by Gasteiger charge is 2.10. The van der Waals surface area contributed by atoms with E-state index < -0.39 is 0 Å². The normalized spacial score (nSPS) is 10.3. The summed E-state index contributed by atoms with van der Waals surface area (Å²) in [5, 5.41) is 3.43. The summed E-state index contributed by atoms with van der Waals surface area (Å²) in [6, 6.07) is 5.58. The Morgan fingerprint density at radius 3 is 2.76 bits per heavy atom. The van der Waals surface area contributed by atoms with Crippen LogP contribution in [0.4, 0.5) is 5.13 Å². The summed E-state index contributed by atoms with van der Waals surface area (Å²) in [7, 11) is 0. The first kappa shape index (κ1) is 12.3. The van der Waals surface area contributed by atoms with E-state index in [2.05, 4.69) is 26.2 Å². The van der Waals surface area contributed by atoms with Crippen molar-refractivity contribution in [3.63, 3.8) is 0 Å². The lowest BCUT2D eigenvalue weighted by Gasteiger charge is -2.05. The summed E-state index contributed by atoms with van der Waals surface area (Å²) in [6.07, 6.45) is 1.74. The number of aryl methyl sites for hydroxylation is 2. The van der Waals surface area contributed by atoms with Crippen molar-refractivity contribution in [1.82, 2.24) is 4.98 Å². The zero-order valence-electron chi connectivity index (χ0n) is 9.45. The van der Waals surface area contributed by atoms with Gasteiger partial charge >= 0.3 is 0 Å². The maximum Gasteiger partial charge on any atom is 0.257 e. The van der Waals surface area contributed by atoms with Crippen LogP contribution in [0.5, 0.6) is 0 Å². The van der Waals surface area contributed by atoms with Crippen molar-refractivity contribution in [3.05, 3.63) is 44.9 Å². The number of thiazole rings is 1. The topological polar surface area (TPSA) is 42.0 Å². The predicted molar refractivity (Wildman–Crippen MR) is 73.7 cm³/mol. The summed E-state index contributed by atoms with van der Waals surface area (Å²) >= 11 is 4.84. The van der Waals surface area contributed by atoms with Crippen LogP contribution in [0.15, 0.2) is 28.9 Å². The van der Waals surface area contributed by atoms with Gasteiger partial charge in [-0.1, -0.05) is 15.9 Å². The van der Waals surface area contributed by atoms with Crippen LogP contribution in [0, 0.1) is 13.8 Å². The second kappa shape index (κ2) is 4.98. The first-order chi connectivity index (χ1) is 8.06. The van der Waals surface area contributed by atoms with Crippen LogP contribution in [0.25, 0.3) is 0 Å². The third-order valence-corrected chi connectivity index (χ3v) is 3.60. The summed E-state index contributed by atoms with van der Waals surface area (Å²) < 4.78 is 0.969.